The molecule has 3 rings (SSSR count). The first-order chi connectivity index (χ1) is 15.3. The molecule has 0 saturated carbocycles. The fourth-order valence-corrected chi connectivity index (χ4v) is 3.76. The van der Waals surface area contributed by atoms with Crippen LogP contribution in [0, 0.1) is 0 Å². The standard InChI is InChI=1S/C23H22ClNO7/c1-13(26)32-16-7-4-14(5-8-16)20-19(22(28)23(29)25(20)10-11-30-2)21(27)15-6-9-18(31-3)17(24)12-15/h4-9,12,20,27H,10-11H2,1-3H3/b21-19-. The number of carbonyl (C=O) groups is 3. The number of hydrogen-bond donors (Lipinski definition) is 1. The first-order valence-corrected chi connectivity index (χ1v) is 10.1. The number of rotatable bonds is 7. The van der Waals surface area contributed by atoms with Gasteiger partial charge in [0, 0.05) is 26.1 Å². The molecule has 8 nitrogen and oxygen atoms in total. The van der Waals surface area contributed by atoms with Crippen LogP contribution in [-0.4, -0.2) is 55.0 Å². The number of esters is 1. The molecule has 1 unspecified atom stereocenters. The molecule has 0 aromatic heterocycles. The van der Waals surface area contributed by atoms with E-state index in [-0.39, 0.29) is 35.1 Å². The first kappa shape index (κ1) is 23.3. The maximum Gasteiger partial charge on any atom is 0.308 e. The van der Waals surface area contributed by atoms with Gasteiger partial charge in [-0.15, -0.1) is 0 Å². The second-order valence-corrected chi connectivity index (χ2v) is 7.40. The SMILES string of the molecule is COCCN1C(=O)C(=O)/C(=C(\O)c2ccc(OC)c(Cl)c2)C1c1ccc(OC(C)=O)cc1. The molecule has 9 heteroatoms. The number of hydrogen-bond acceptors (Lipinski definition) is 7. The molecule has 1 aliphatic heterocycles. The predicted octanol–water partition coefficient (Wildman–Crippen LogP) is 3.34. The molecule has 0 aliphatic carbocycles. The fourth-order valence-electron chi connectivity index (χ4n) is 3.50. The Hall–Kier alpha value is -3.36. The second-order valence-electron chi connectivity index (χ2n) is 7.00. The van der Waals surface area contributed by atoms with Crippen LogP contribution in [0.15, 0.2) is 48.0 Å². The molecule has 1 amide bonds. The Morgan fingerprint density at radius 1 is 1.12 bits per heavy atom. The topological polar surface area (TPSA) is 102 Å². The van der Waals surface area contributed by atoms with Crippen molar-refractivity contribution in [3.63, 3.8) is 0 Å². The lowest BCUT2D eigenvalue weighted by Gasteiger charge is -2.25. The molecule has 0 radical (unpaired) electrons. The molecule has 1 N–H and O–H groups in total. The number of nitrogens with zero attached hydrogens (tertiary/aromatic N) is 1. The maximum absolute atomic E-state index is 12.9. The van der Waals surface area contributed by atoms with Gasteiger partial charge in [-0.3, -0.25) is 14.4 Å². The predicted molar refractivity (Wildman–Crippen MR) is 117 cm³/mol. The van der Waals surface area contributed by atoms with Crippen molar-refractivity contribution in [2.24, 2.45) is 0 Å². The first-order valence-electron chi connectivity index (χ1n) is 9.68. The molecule has 32 heavy (non-hydrogen) atoms. The number of ether oxygens (including phenoxy) is 3. The Bertz CT molecular complexity index is 1080. The molecule has 168 valence electrons. The van der Waals surface area contributed by atoms with Crippen molar-refractivity contribution < 1.29 is 33.7 Å². The highest BCUT2D eigenvalue weighted by Crippen LogP contribution is 2.40. The zero-order chi connectivity index (χ0) is 23.4. The van der Waals surface area contributed by atoms with Crippen LogP contribution < -0.4 is 9.47 Å². The van der Waals surface area contributed by atoms with Crippen molar-refractivity contribution in [3.8, 4) is 11.5 Å². The smallest absolute Gasteiger partial charge is 0.308 e. The van der Waals surface area contributed by atoms with Crippen molar-refractivity contribution in [2.75, 3.05) is 27.4 Å². The van der Waals surface area contributed by atoms with Crippen LogP contribution in [0.1, 0.15) is 24.1 Å². The number of aliphatic hydroxyl groups is 1. The van der Waals surface area contributed by atoms with Gasteiger partial charge in [-0.25, -0.2) is 0 Å². The number of ketones is 1. The molecule has 2 aromatic rings. The van der Waals surface area contributed by atoms with Crippen molar-refractivity contribution in [3.05, 3.63) is 64.2 Å². The molecule has 2 aromatic carbocycles. The maximum atomic E-state index is 12.9. The summed E-state index contributed by atoms with van der Waals surface area (Å²) in [5, 5.41) is 11.3. The Kier molecular flexibility index (Phi) is 7.17. The van der Waals surface area contributed by atoms with Gasteiger partial charge >= 0.3 is 5.97 Å². The lowest BCUT2D eigenvalue weighted by atomic mass is 9.95. The van der Waals surface area contributed by atoms with Crippen molar-refractivity contribution in [2.45, 2.75) is 13.0 Å². The van der Waals surface area contributed by atoms with E-state index in [1.165, 1.54) is 32.1 Å². The zero-order valence-corrected chi connectivity index (χ0v) is 18.5. The van der Waals surface area contributed by atoms with E-state index >= 15 is 0 Å². The van der Waals surface area contributed by atoms with Gasteiger partial charge in [0.05, 0.1) is 30.4 Å². The number of halogens is 1. The summed E-state index contributed by atoms with van der Waals surface area (Å²) in [7, 11) is 2.94. The molecule has 1 fully saturated rings. The Morgan fingerprint density at radius 2 is 1.81 bits per heavy atom. The molecule has 1 saturated heterocycles. The van der Waals surface area contributed by atoms with E-state index in [1.807, 2.05) is 0 Å². The number of likely N-dealkylation sites (tertiary alicyclic amines) is 1. The van der Waals surface area contributed by atoms with Crippen molar-refractivity contribution in [1.82, 2.24) is 4.90 Å². The number of amides is 1. The minimum absolute atomic E-state index is 0.0763. The lowest BCUT2D eigenvalue weighted by Crippen LogP contribution is -2.32. The third-order valence-corrected chi connectivity index (χ3v) is 5.25. The van der Waals surface area contributed by atoms with E-state index in [4.69, 9.17) is 25.8 Å². The number of benzene rings is 2. The summed E-state index contributed by atoms with van der Waals surface area (Å²) in [5.41, 5.74) is 0.743. The number of carbonyl (C=O) groups excluding carboxylic acids is 3. The van der Waals surface area contributed by atoms with Gasteiger partial charge in [-0.05, 0) is 35.9 Å². The van der Waals surface area contributed by atoms with E-state index in [0.717, 1.165) is 0 Å². The quantitative estimate of drug-likeness (QED) is 0.223. The third-order valence-electron chi connectivity index (χ3n) is 4.96. The Balaban J connectivity index is 2.12. The fraction of sp³-hybridized carbons (Fsp3) is 0.261. The zero-order valence-electron chi connectivity index (χ0n) is 17.8. The monoisotopic (exact) mass is 459 g/mol. The summed E-state index contributed by atoms with van der Waals surface area (Å²) in [6.45, 7) is 1.62. The summed E-state index contributed by atoms with van der Waals surface area (Å²) in [6, 6.07) is 10.1. The Labute approximate surface area is 189 Å². The van der Waals surface area contributed by atoms with Gasteiger partial charge in [0.1, 0.15) is 17.3 Å². The van der Waals surface area contributed by atoms with Crippen LogP contribution in [0.4, 0.5) is 0 Å². The average Bonchev–Trinajstić information content (AvgIpc) is 3.02. The van der Waals surface area contributed by atoms with E-state index in [2.05, 4.69) is 0 Å². The lowest BCUT2D eigenvalue weighted by molar-refractivity contribution is -0.140. The van der Waals surface area contributed by atoms with Gasteiger partial charge in [0.15, 0.2) is 0 Å². The highest BCUT2D eigenvalue weighted by molar-refractivity contribution is 6.46. The van der Waals surface area contributed by atoms with Crippen LogP contribution >= 0.6 is 11.6 Å². The van der Waals surface area contributed by atoms with Gasteiger partial charge in [-0.2, -0.15) is 0 Å². The Morgan fingerprint density at radius 3 is 2.38 bits per heavy atom. The summed E-state index contributed by atoms with van der Waals surface area (Å²) in [6.07, 6.45) is 0. The number of methoxy groups -OCH3 is 2. The van der Waals surface area contributed by atoms with Crippen LogP contribution in [0.25, 0.3) is 5.76 Å². The second kappa shape index (κ2) is 9.84. The minimum atomic E-state index is -0.864. The summed E-state index contributed by atoms with van der Waals surface area (Å²) in [4.78, 5) is 38.2. The van der Waals surface area contributed by atoms with Crippen LogP contribution in [0.3, 0.4) is 0 Å². The van der Waals surface area contributed by atoms with Gasteiger partial charge in [0.25, 0.3) is 11.7 Å². The highest BCUT2D eigenvalue weighted by atomic mass is 35.5. The van der Waals surface area contributed by atoms with Gasteiger partial charge in [-0.1, -0.05) is 23.7 Å². The third kappa shape index (κ3) is 4.61. The van der Waals surface area contributed by atoms with Crippen LogP contribution in [0.2, 0.25) is 5.02 Å². The molecule has 1 heterocycles. The molecule has 1 atom stereocenters. The molecule has 0 spiro atoms. The largest absolute Gasteiger partial charge is 0.507 e. The molecular formula is C23H22ClNO7. The molecular weight excluding hydrogens is 438 g/mol. The number of Topliss-reactive ketones (excluding diaryl/α,β-unsaturated/α-hetero) is 1. The van der Waals surface area contributed by atoms with Crippen LogP contribution in [0.5, 0.6) is 11.5 Å². The van der Waals surface area contributed by atoms with E-state index in [0.29, 0.717) is 17.1 Å². The summed E-state index contributed by atoms with van der Waals surface area (Å²) < 4.78 is 15.3. The summed E-state index contributed by atoms with van der Waals surface area (Å²) >= 11 is 6.18. The van der Waals surface area contributed by atoms with E-state index in [9.17, 15) is 19.5 Å². The minimum Gasteiger partial charge on any atom is -0.507 e. The average molecular weight is 460 g/mol. The van der Waals surface area contributed by atoms with E-state index in [1.54, 1.807) is 36.4 Å². The van der Waals surface area contributed by atoms with Crippen molar-refractivity contribution in [1.29, 1.82) is 0 Å². The molecule has 1 aliphatic rings. The van der Waals surface area contributed by atoms with E-state index < -0.39 is 23.7 Å². The molecule has 0 bridgehead atoms. The number of aliphatic hydroxyl groups excluding tert-OH is 1. The highest BCUT2D eigenvalue weighted by Gasteiger charge is 2.45. The van der Waals surface area contributed by atoms with Crippen LogP contribution in [-0.2, 0) is 19.1 Å². The normalized spacial score (nSPS) is 17.5. The summed E-state index contributed by atoms with van der Waals surface area (Å²) in [5.74, 6) is -1.68. The van der Waals surface area contributed by atoms with Crippen molar-refractivity contribution >= 4 is 35.0 Å². The van der Waals surface area contributed by atoms with Gasteiger partial charge < -0.3 is 24.2 Å². The van der Waals surface area contributed by atoms with Gasteiger partial charge in [0.2, 0.25) is 0 Å².